The minimum atomic E-state index is -3.69. The fourth-order valence-corrected chi connectivity index (χ4v) is 6.19. The molecule has 34 heavy (non-hydrogen) atoms. The first-order chi connectivity index (χ1) is 16.3. The minimum Gasteiger partial charge on any atom is -0.457 e. The number of amides is 1. The number of sulfonamides is 1. The molecular weight excluding hydrogens is 495 g/mol. The Hall–Kier alpha value is -2.58. The van der Waals surface area contributed by atoms with Gasteiger partial charge in [-0.25, -0.2) is 12.7 Å². The Kier molecular flexibility index (Phi) is 7.78. The Morgan fingerprint density at radius 1 is 0.941 bits per heavy atom. The van der Waals surface area contributed by atoms with Crippen molar-refractivity contribution in [3.05, 3.63) is 88.4 Å². The number of para-hydroxylation sites is 1. The average Bonchev–Trinajstić information content (AvgIpc) is 2.83. The third-order valence-corrected chi connectivity index (χ3v) is 8.12. The molecule has 0 radical (unpaired) electrons. The molecule has 1 atom stereocenters. The van der Waals surface area contributed by atoms with Crippen LogP contribution in [-0.4, -0.2) is 31.7 Å². The molecular formula is C25H24Cl2N2O4S. The number of hydrogen-bond acceptors (Lipinski definition) is 4. The third-order valence-electron chi connectivity index (χ3n) is 5.64. The van der Waals surface area contributed by atoms with Gasteiger partial charge in [-0.2, -0.15) is 0 Å². The molecule has 1 amide bonds. The van der Waals surface area contributed by atoms with Gasteiger partial charge in [0, 0.05) is 34.4 Å². The maximum atomic E-state index is 13.0. The molecule has 1 aliphatic rings. The molecule has 178 valence electrons. The van der Waals surface area contributed by atoms with Crippen LogP contribution in [0.15, 0.2) is 72.8 Å². The topological polar surface area (TPSA) is 75.7 Å². The molecule has 1 heterocycles. The monoisotopic (exact) mass is 518 g/mol. The first kappa shape index (κ1) is 24.5. The van der Waals surface area contributed by atoms with Crippen molar-refractivity contribution >= 4 is 44.8 Å². The fourth-order valence-electron chi connectivity index (χ4n) is 3.83. The molecule has 1 N–H and O–H groups in total. The molecule has 0 unspecified atom stereocenters. The number of anilines is 1. The van der Waals surface area contributed by atoms with Crippen LogP contribution < -0.4 is 10.1 Å². The Balaban J connectivity index is 1.37. The molecule has 1 fully saturated rings. The summed E-state index contributed by atoms with van der Waals surface area (Å²) in [5.41, 5.74) is 0.989. The van der Waals surface area contributed by atoms with Crippen LogP contribution in [-0.2, 0) is 20.6 Å². The summed E-state index contributed by atoms with van der Waals surface area (Å²) in [6.45, 7) is 0.477. The van der Waals surface area contributed by atoms with Crippen LogP contribution in [0.25, 0.3) is 0 Å². The van der Waals surface area contributed by atoms with Crippen molar-refractivity contribution in [2.45, 2.75) is 18.6 Å². The second-order valence-electron chi connectivity index (χ2n) is 8.08. The standard InChI is InChI=1S/C25H24Cl2N2O4S/c26-23-9-4-10-24(27)22(23)17-34(31,32)29-15-5-6-18(16-29)25(30)28-19-11-13-21(14-12-19)33-20-7-2-1-3-8-20/h1-4,7-14,18H,5-6,15-17H2,(H,28,30)/t18-/m0/s1. The molecule has 3 aromatic carbocycles. The first-order valence-electron chi connectivity index (χ1n) is 10.9. The fraction of sp³-hybridized carbons (Fsp3) is 0.240. The largest absolute Gasteiger partial charge is 0.457 e. The van der Waals surface area contributed by atoms with Crippen LogP contribution in [0.2, 0.25) is 10.0 Å². The van der Waals surface area contributed by atoms with Gasteiger partial charge < -0.3 is 10.1 Å². The van der Waals surface area contributed by atoms with Crippen molar-refractivity contribution in [2.75, 3.05) is 18.4 Å². The number of halogens is 2. The summed E-state index contributed by atoms with van der Waals surface area (Å²) in [6.07, 6.45) is 1.21. The number of nitrogens with one attached hydrogen (secondary N) is 1. The number of ether oxygens (including phenoxy) is 1. The van der Waals surface area contributed by atoms with Gasteiger partial charge in [0.15, 0.2) is 0 Å². The number of carbonyl (C=O) groups is 1. The Labute approximate surface area is 209 Å². The van der Waals surface area contributed by atoms with E-state index in [4.69, 9.17) is 27.9 Å². The molecule has 3 aromatic rings. The lowest BCUT2D eigenvalue weighted by atomic mass is 9.99. The van der Waals surface area contributed by atoms with Gasteiger partial charge >= 0.3 is 0 Å². The van der Waals surface area contributed by atoms with Crippen molar-refractivity contribution in [2.24, 2.45) is 5.92 Å². The van der Waals surface area contributed by atoms with E-state index in [1.165, 1.54) is 4.31 Å². The summed E-state index contributed by atoms with van der Waals surface area (Å²) in [7, 11) is -3.69. The lowest BCUT2D eigenvalue weighted by Crippen LogP contribution is -2.44. The Morgan fingerprint density at radius 3 is 2.26 bits per heavy atom. The summed E-state index contributed by atoms with van der Waals surface area (Å²) in [5.74, 6) is 0.402. The van der Waals surface area contributed by atoms with Gasteiger partial charge in [0.05, 0.1) is 11.7 Å². The van der Waals surface area contributed by atoms with E-state index in [0.29, 0.717) is 46.4 Å². The summed E-state index contributed by atoms with van der Waals surface area (Å²) >= 11 is 12.3. The maximum absolute atomic E-state index is 13.0. The highest BCUT2D eigenvalue weighted by atomic mass is 35.5. The van der Waals surface area contributed by atoms with Crippen molar-refractivity contribution in [1.29, 1.82) is 0 Å². The van der Waals surface area contributed by atoms with E-state index in [9.17, 15) is 13.2 Å². The van der Waals surface area contributed by atoms with E-state index in [-0.39, 0.29) is 18.2 Å². The predicted molar refractivity (Wildman–Crippen MR) is 135 cm³/mol. The van der Waals surface area contributed by atoms with E-state index in [2.05, 4.69) is 5.32 Å². The van der Waals surface area contributed by atoms with E-state index >= 15 is 0 Å². The van der Waals surface area contributed by atoms with E-state index in [0.717, 1.165) is 5.75 Å². The summed E-state index contributed by atoms with van der Waals surface area (Å²) < 4.78 is 33.2. The molecule has 0 aromatic heterocycles. The van der Waals surface area contributed by atoms with Crippen molar-refractivity contribution < 1.29 is 17.9 Å². The highest BCUT2D eigenvalue weighted by molar-refractivity contribution is 7.88. The zero-order valence-electron chi connectivity index (χ0n) is 18.3. The van der Waals surface area contributed by atoms with Gasteiger partial charge in [0.25, 0.3) is 0 Å². The van der Waals surface area contributed by atoms with Crippen molar-refractivity contribution in [1.82, 2.24) is 4.31 Å². The SMILES string of the molecule is O=C(Nc1ccc(Oc2ccccc2)cc1)[C@H]1CCCN(S(=O)(=O)Cc2c(Cl)cccc2Cl)C1. The van der Waals surface area contributed by atoms with Gasteiger partial charge in [-0.15, -0.1) is 0 Å². The van der Waals surface area contributed by atoms with Crippen molar-refractivity contribution in [3.63, 3.8) is 0 Å². The molecule has 0 saturated carbocycles. The minimum absolute atomic E-state index is 0.117. The first-order valence-corrected chi connectivity index (χ1v) is 13.2. The summed E-state index contributed by atoms with van der Waals surface area (Å²) in [4.78, 5) is 12.9. The van der Waals surface area contributed by atoms with E-state index < -0.39 is 15.9 Å². The zero-order chi connectivity index (χ0) is 24.1. The number of benzene rings is 3. The molecule has 0 aliphatic carbocycles. The number of piperidine rings is 1. The van der Waals surface area contributed by atoms with Gasteiger partial charge in [-0.05, 0) is 61.4 Å². The van der Waals surface area contributed by atoms with Crippen LogP contribution in [0.3, 0.4) is 0 Å². The van der Waals surface area contributed by atoms with E-state index in [1.807, 2.05) is 30.3 Å². The molecule has 6 nitrogen and oxygen atoms in total. The normalized spacial score (nSPS) is 16.7. The smallest absolute Gasteiger partial charge is 0.228 e. The summed E-state index contributed by atoms with van der Waals surface area (Å²) in [6, 6.07) is 21.4. The highest BCUT2D eigenvalue weighted by Gasteiger charge is 2.33. The Bertz CT molecular complexity index is 1230. The molecule has 1 aliphatic heterocycles. The second kappa shape index (κ2) is 10.8. The third kappa shape index (κ3) is 6.10. The number of rotatable bonds is 7. The van der Waals surface area contributed by atoms with E-state index in [1.54, 1.807) is 42.5 Å². The lowest BCUT2D eigenvalue weighted by molar-refractivity contribution is -0.120. The predicted octanol–water partition coefficient (Wildman–Crippen LogP) is 5.97. The lowest BCUT2D eigenvalue weighted by Gasteiger charge is -2.31. The Morgan fingerprint density at radius 2 is 1.59 bits per heavy atom. The van der Waals surface area contributed by atoms with Gasteiger partial charge in [0.2, 0.25) is 15.9 Å². The second-order valence-corrected chi connectivity index (χ2v) is 10.9. The van der Waals surface area contributed by atoms with Crippen LogP contribution in [0, 0.1) is 5.92 Å². The molecule has 0 bridgehead atoms. The van der Waals surface area contributed by atoms with Crippen LogP contribution in [0.1, 0.15) is 18.4 Å². The van der Waals surface area contributed by atoms with Gasteiger partial charge in [-0.3, -0.25) is 4.79 Å². The number of carbonyl (C=O) groups excluding carboxylic acids is 1. The van der Waals surface area contributed by atoms with Crippen LogP contribution in [0.5, 0.6) is 11.5 Å². The molecule has 1 saturated heterocycles. The highest BCUT2D eigenvalue weighted by Crippen LogP contribution is 2.29. The van der Waals surface area contributed by atoms with Gasteiger partial charge in [-0.1, -0.05) is 47.5 Å². The number of hydrogen-bond donors (Lipinski definition) is 1. The average molecular weight is 519 g/mol. The van der Waals surface area contributed by atoms with Gasteiger partial charge in [0.1, 0.15) is 11.5 Å². The van der Waals surface area contributed by atoms with Crippen LogP contribution >= 0.6 is 23.2 Å². The van der Waals surface area contributed by atoms with Crippen molar-refractivity contribution in [3.8, 4) is 11.5 Å². The maximum Gasteiger partial charge on any atom is 0.228 e. The quantitative estimate of drug-likeness (QED) is 0.418. The molecule has 9 heteroatoms. The van der Waals surface area contributed by atoms with Crippen LogP contribution in [0.4, 0.5) is 5.69 Å². The molecule has 0 spiro atoms. The number of nitrogens with zero attached hydrogens (tertiary/aromatic N) is 1. The summed E-state index contributed by atoms with van der Waals surface area (Å²) in [5, 5.41) is 3.50. The zero-order valence-corrected chi connectivity index (χ0v) is 20.6. The molecule has 4 rings (SSSR count).